The molecule has 164 valence electrons. The molecule has 7 heteroatoms. The van der Waals surface area contributed by atoms with E-state index in [1.807, 2.05) is 56.3 Å². The number of rotatable bonds is 7. The third-order valence-corrected chi connectivity index (χ3v) is 5.61. The highest BCUT2D eigenvalue weighted by Crippen LogP contribution is 2.30. The minimum absolute atomic E-state index is 0.0758. The van der Waals surface area contributed by atoms with Crippen LogP contribution < -0.4 is 15.0 Å². The number of benzene rings is 2. The van der Waals surface area contributed by atoms with Crippen LogP contribution in [0.15, 0.2) is 42.5 Å². The zero-order valence-electron chi connectivity index (χ0n) is 18.3. The minimum Gasteiger partial charge on any atom is -0.497 e. The van der Waals surface area contributed by atoms with Crippen LogP contribution in [0.5, 0.6) is 5.75 Å². The summed E-state index contributed by atoms with van der Waals surface area (Å²) >= 11 is 0. The largest absolute Gasteiger partial charge is 0.497 e. The molecule has 0 bridgehead atoms. The molecule has 0 saturated carbocycles. The van der Waals surface area contributed by atoms with Gasteiger partial charge in [-0.25, -0.2) is 0 Å². The first-order valence-corrected chi connectivity index (χ1v) is 10.3. The van der Waals surface area contributed by atoms with Gasteiger partial charge >= 0.3 is 5.97 Å². The zero-order chi connectivity index (χ0) is 22.5. The van der Waals surface area contributed by atoms with Crippen molar-refractivity contribution in [2.24, 2.45) is 5.92 Å². The molecular formula is C24H28N2O5. The van der Waals surface area contributed by atoms with Crippen molar-refractivity contribution in [2.75, 3.05) is 18.6 Å². The van der Waals surface area contributed by atoms with Gasteiger partial charge in [0.15, 0.2) is 6.10 Å². The van der Waals surface area contributed by atoms with E-state index >= 15 is 0 Å². The Labute approximate surface area is 182 Å². The molecule has 1 saturated heterocycles. The summed E-state index contributed by atoms with van der Waals surface area (Å²) in [6, 6.07) is 13.1. The monoisotopic (exact) mass is 424 g/mol. The van der Waals surface area contributed by atoms with Crippen LogP contribution in [-0.4, -0.2) is 37.5 Å². The van der Waals surface area contributed by atoms with Gasteiger partial charge in [-0.05, 0) is 55.7 Å². The van der Waals surface area contributed by atoms with Crippen molar-refractivity contribution in [1.29, 1.82) is 0 Å². The Kier molecular flexibility index (Phi) is 6.95. The molecule has 0 unspecified atom stereocenters. The van der Waals surface area contributed by atoms with Crippen molar-refractivity contribution in [3.8, 4) is 5.75 Å². The molecule has 1 N–H and O–H groups in total. The van der Waals surface area contributed by atoms with Crippen LogP contribution in [0.1, 0.15) is 30.0 Å². The van der Waals surface area contributed by atoms with E-state index < -0.39 is 18.0 Å². The number of nitrogens with one attached hydrogen (secondary N) is 1. The summed E-state index contributed by atoms with van der Waals surface area (Å²) in [6.45, 7) is 6.03. The lowest BCUT2D eigenvalue weighted by atomic mass is 10.1. The lowest BCUT2D eigenvalue weighted by Gasteiger charge is -2.20. The van der Waals surface area contributed by atoms with E-state index in [0.717, 1.165) is 28.1 Å². The molecule has 1 aliphatic heterocycles. The molecule has 0 spiro atoms. The number of hydrogen-bond donors (Lipinski definition) is 1. The number of carbonyl (C=O) groups is 3. The van der Waals surface area contributed by atoms with Crippen molar-refractivity contribution in [1.82, 2.24) is 5.32 Å². The van der Waals surface area contributed by atoms with Gasteiger partial charge in [0.1, 0.15) is 5.75 Å². The highest BCUT2D eigenvalue weighted by molar-refractivity contribution is 6.00. The van der Waals surface area contributed by atoms with Crippen LogP contribution in [0.3, 0.4) is 0 Å². The number of aryl methyl sites for hydroxylation is 1. The molecule has 7 nitrogen and oxygen atoms in total. The Morgan fingerprint density at radius 2 is 1.87 bits per heavy atom. The van der Waals surface area contributed by atoms with E-state index in [-0.39, 0.29) is 24.8 Å². The van der Waals surface area contributed by atoms with E-state index in [0.29, 0.717) is 6.54 Å². The number of amides is 2. The molecule has 0 aromatic heterocycles. The van der Waals surface area contributed by atoms with E-state index in [2.05, 4.69) is 5.32 Å². The standard InChI is InChI=1S/C24H28N2O5/c1-15-6-5-7-21(16(15)2)26-14-19(12-22(26)27)24(29)31-17(3)23(28)25-13-18-8-10-20(30-4)11-9-18/h5-11,17,19H,12-14H2,1-4H3,(H,25,28)/t17-,19-/m1/s1. The molecule has 2 aromatic carbocycles. The van der Waals surface area contributed by atoms with Crippen LogP contribution in [0.25, 0.3) is 0 Å². The molecule has 2 amide bonds. The molecule has 3 rings (SSSR count). The first-order chi connectivity index (χ1) is 14.8. The van der Waals surface area contributed by atoms with Crippen LogP contribution in [-0.2, 0) is 25.7 Å². The first-order valence-electron chi connectivity index (χ1n) is 10.3. The summed E-state index contributed by atoms with van der Waals surface area (Å²) in [5, 5.41) is 2.75. The Balaban J connectivity index is 1.53. The van der Waals surface area contributed by atoms with Crippen molar-refractivity contribution in [3.63, 3.8) is 0 Å². The van der Waals surface area contributed by atoms with Gasteiger partial charge in [-0.1, -0.05) is 24.3 Å². The lowest BCUT2D eigenvalue weighted by molar-refractivity contribution is -0.158. The number of esters is 1. The second-order valence-electron chi connectivity index (χ2n) is 7.77. The fraction of sp³-hybridized carbons (Fsp3) is 0.375. The summed E-state index contributed by atoms with van der Waals surface area (Å²) in [4.78, 5) is 39.1. The van der Waals surface area contributed by atoms with Gasteiger partial charge in [-0.3, -0.25) is 14.4 Å². The fourth-order valence-electron chi connectivity index (χ4n) is 3.53. The molecule has 0 aliphatic carbocycles. The van der Waals surface area contributed by atoms with Crippen molar-refractivity contribution < 1.29 is 23.9 Å². The van der Waals surface area contributed by atoms with Gasteiger partial charge < -0.3 is 19.7 Å². The van der Waals surface area contributed by atoms with Crippen molar-refractivity contribution in [3.05, 3.63) is 59.2 Å². The number of anilines is 1. The average molecular weight is 424 g/mol. The number of hydrogen-bond acceptors (Lipinski definition) is 5. The van der Waals surface area contributed by atoms with Crippen LogP contribution in [0.4, 0.5) is 5.69 Å². The Hall–Kier alpha value is -3.35. The molecular weight excluding hydrogens is 396 g/mol. The smallest absolute Gasteiger partial charge is 0.312 e. The topological polar surface area (TPSA) is 84.9 Å². The first kappa shape index (κ1) is 22.3. The van der Waals surface area contributed by atoms with E-state index in [1.165, 1.54) is 6.92 Å². The van der Waals surface area contributed by atoms with Crippen LogP contribution in [0, 0.1) is 19.8 Å². The highest BCUT2D eigenvalue weighted by atomic mass is 16.5. The van der Waals surface area contributed by atoms with Gasteiger partial charge in [0, 0.05) is 25.2 Å². The molecule has 1 fully saturated rings. The zero-order valence-corrected chi connectivity index (χ0v) is 18.3. The van der Waals surface area contributed by atoms with Gasteiger partial charge in [0.2, 0.25) is 5.91 Å². The van der Waals surface area contributed by atoms with Crippen LogP contribution >= 0.6 is 0 Å². The molecule has 2 atom stereocenters. The third-order valence-electron chi connectivity index (χ3n) is 5.61. The van der Waals surface area contributed by atoms with Gasteiger partial charge in [0.05, 0.1) is 13.0 Å². The quantitative estimate of drug-likeness (QED) is 0.691. The number of ether oxygens (including phenoxy) is 2. The second kappa shape index (κ2) is 9.64. The van der Waals surface area contributed by atoms with E-state index in [4.69, 9.17) is 9.47 Å². The van der Waals surface area contributed by atoms with E-state index in [1.54, 1.807) is 12.0 Å². The summed E-state index contributed by atoms with van der Waals surface area (Å²) < 4.78 is 10.5. The molecule has 2 aromatic rings. The molecule has 1 heterocycles. The minimum atomic E-state index is -0.949. The van der Waals surface area contributed by atoms with Crippen molar-refractivity contribution >= 4 is 23.5 Å². The Bertz CT molecular complexity index is 970. The maximum absolute atomic E-state index is 12.6. The Morgan fingerprint density at radius 3 is 2.55 bits per heavy atom. The maximum Gasteiger partial charge on any atom is 0.312 e. The summed E-state index contributed by atoms with van der Waals surface area (Å²) in [5.74, 6) is -0.900. The van der Waals surface area contributed by atoms with Gasteiger partial charge in [0.25, 0.3) is 5.91 Å². The number of methoxy groups -OCH3 is 1. The van der Waals surface area contributed by atoms with E-state index in [9.17, 15) is 14.4 Å². The van der Waals surface area contributed by atoms with Crippen LogP contribution in [0.2, 0.25) is 0 Å². The van der Waals surface area contributed by atoms with Gasteiger partial charge in [-0.15, -0.1) is 0 Å². The number of nitrogens with zero attached hydrogens (tertiary/aromatic N) is 1. The third kappa shape index (κ3) is 5.23. The highest BCUT2D eigenvalue weighted by Gasteiger charge is 2.37. The van der Waals surface area contributed by atoms with Crippen molar-refractivity contribution in [2.45, 2.75) is 39.8 Å². The average Bonchev–Trinajstić information content (AvgIpc) is 3.15. The second-order valence-corrected chi connectivity index (χ2v) is 7.77. The normalized spacial score (nSPS) is 16.7. The summed E-state index contributed by atoms with van der Waals surface area (Å²) in [5.41, 5.74) is 3.80. The Morgan fingerprint density at radius 1 is 1.16 bits per heavy atom. The molecule has 0 radical (unpaired) electrons. The predicted octanol–water partition coefficient (Wildman–Crippen LogP) is 2.91. The molecule has 31 heavy (non-hydrogen) atoms. The summed E-state index contributed by atoms with van der Waals surface area (Å²) in [6.07, 6.45) is -0.873. The maximum atomic E-state index is 12.6. The summed E-state index contributed by atoms with van der Waals surface area (Å²) in [7, 11) is 1.59. The van der Waals surface area contributed by atoms with Gasteiger partial charge in [-0.2, -0.15) is 0 Å². The lowest BCUT2D eigenvalue weighted by Crippen LogP contribution is -2.37. The molecule has 1 aliphatic rings. The number of carbonyl (C=O) groups excluding carboxylic acids is 3. The predicted molar refractivity (Wildman–Crippen MR) is 117 cm³/mol. The fourth-order valence-corrected chi connectivity index (χ4v) is 3.53. The SMILES string of the molecule is COc1ccc(CNC(=O)[C@@H](C)OC(=O)[C@@H]2CC(=O)N(c3cccc(C)c3C)C2)cc1.